The van der Waals surface area contributed by atoms with Crippen LogP contribution in [-0.4, -0.2) is 22.6 Å². The number of amides is 3. The summed E-state index contributed by atoms with van der Waals surface area (Å²) in [7, 11) is 2.25. The van der Waals surface area contributed by atoms with Crippen LogP contribution in [0, 0.1) is 5.82 Å². The lowest BCUT2D eigenvalue weighted by Crippen LogP contribution is -2.50. The number of halogens is 1. The summed E-state index contributed by atoms with van der Waals surface area (Å²) >= 11 is 0. The SMILES string of the molecule is CC(=O)C1=C(C)NC(=O)N(C(C)=O)C1c1ccc(P)c(F)c1. The number of rotatable bonds is 2. The van der Waals surface area contributed by atoms with Gasteiger partial charge in [-0.15, -0.1) is 9.24 Å². The molecule has 2 atom stereocenters. The first-order chi connectivity index (χ1) is 10.2. The summed E-state index contributed by atoms with van der Waals surface area (Å²) in [6.07, 6.45) is 0. The molecule has 0 aromatic heterocycles. The van der Waals surface area contributed by atoms with Crippen molar-refractivity contribution in [3.8, 4) is 0 Å². The molecule has 5 nitrogen and oxygen atoms in total. The molecule has 1 aliphatic heterocycles. The number of hydrogen-bond acceptors (Lipinski definition) is 3. The second kappa shape index (κ2) is 5.97. The van der Waals surface area contributed by atoms with Gasteiger partial charge in [-0.3, -0.25) is 14.5 Å². The monoisotopic (exact) mass is 322 g/mol. The normalized spacial score (nSPS) is 18.3. The van der Waals surface area contributed by atoms with Crippen molar-refractivity contribution < 1.29 is 18.8 Å². The number of carbonyl (C=O) groups is 3. The van der Waals surface area contributed by atoms with Crippen LogP contribution in [0.3, 0.4) is 0 Å². The first-order valence-corrected chi connectivity index (χ1v) is 7.19. The number of benzene rings is 1. The number of carbonyl (C=O) groups excluding carboxylic acids is 3. The van der Waals surface area contributed by atoms with E-state index in [4.69, 9.17) is 0 Å². The Hall–Kier alpha value is -2.07. The Balaban J connectivity index is 2.69. The third-order valence-corrected chi connectivity index (χ3v) is 3.98. The van der Waals surface area contributed by atoms with Crippen molar-refractivity contribution in [2.75, 3.05) is 0 Å². The van der Waals surface area contributed by atoms with E-state index in [9.17, 15) is 18.8 Å². The Kier molecular flexibility index (Phi) is 4.42. The third-order valence-electron chi connectivity index (χ3n) is 3.51. The zero-order valence-electron chi connectivity index (χ0n) is 12.4. The summed E-state index contributed by atoms with van der Waals surface area (Å²) in [5, 5.41) is 2.86. The molecule has 0 saturated heterocycles. The van der Waals surface area contributed by atoms with Gasteiger partial charge >= 0.3 is 6.03 Å². The number of nitrogens with zero attached hydrogens (tertiary/aromatic N) is 1. The minimum atomic E-state index is -0.927. The standard InChI is InChI=1S/C15H16FN2O3P/c1-7-13(8(2)19)14(18(9(3)20)15(21)17-7)10-4-5-12(22)11(16)6-10/h4-6,14H,22H2,1-3H3,(H,17,21). The second-order valence-electron chi connectivity index (χ2n) is 5.10. The fourth-order valence-corrected chi connectivity index (χ4v) is 2.73. The van der Waals surface area contributed by atoms with Crippen LogP contribution in [0.1, 0.15) is 32.4 Å². The quantitative estimate of drug-likeness (QED) is 0.845. The minimum absolute atomic E-state index is 0.269. The fraction of sp³-hybridized carbons (Fsp3) is 0.267. The van der Waals surface area contributed by atoms with Gasteiger partial charge in [0.15, 0.2) is 5.78 Å². The predicted octanol–water partition coefficient (Wildman–Crippen LogP) is 1.80. The summed E-state index contributed by atoms with van der Waals surface area (Å²) in [6, 6.07) is 2.80. The van der Waals surface area contributed by atoms with Crippen molar-refractivity contribution in [3.63, 3.8) is 0 Å². The molecule has 3 amide bonds. The Bertz CT molecular complexity index is 715. The molecule has 0 fully saturated rings. The zero-order valence-corrected chi connectivity index (χ0v) is 13.6. The molecule has 22 heavy (non-hydrogen) atoms. The van der Waals surface area contributed by atoms with E-state index in [1.807, 2.05) is 0 Å². The van der Waals surface area contributed by atoms with Crippen molar-refractivity contribution >= 4 is 32.3 Å². The number of imide groups is 1. The van der Waals surface area contributed by atoms with Crippen LogP contribution in [0.5, 0.6) is 0 Å². The van der Waals surface area contributed by atoms with Gasteiger partial charge in [-0.25, -0.2) is 9.18 Å². The molecule has 0 spiro atoms. The maximum absolute atomic E-state index is 13.9. The highest BCUT2D eigenvalue weighted by Crippen LogP contribution is 2.34. The average molecular weight is 322 g/mol. The van der Waals surface area contributed by atoms with Crippen molar-refractivity contribution in [1.29, 1.82) is 0 Å². The number of ketones is 1. The number of nitrogens with one attached hydrogen (secondary N) is 1. The average Bonchev–Trinajstić information content (AvgIpc) is 2.39. The van der Waals surface area contributed by atoms with Crippen molar-refractivity contribution in [1.82, 2.24) is 10.2 Å². The lowest BCUT2D eigenvalue weighted by Gasteiger charge is -2.36. The second-order valence-corrected chi connectivity index (χ2v) is 5.72. The van der Waals surface area contributed by atoms with Gasteiger partial charge in [-0.2, -0.15) is 0 Å². The molecule has 116 valence electrons. The lowest BCUT2D eigenvalue weighted by molar-refractivity contribution is -0.127. The molecule has 2 unspecified atom stereocenters. The smallest absolute Gasteiger partial charge is 0.311 e. The van der Waals surface area contributed by atoms with Gasteiger partial charge in [0.2, 0.25) is 5.91 Å². The molecule has 1 aromatic carbocycles. The Morgan fingerprint density at radius 1 is 1.32 bits per heavy atom. The fourth-order valence-electron chi connectivity index (χ4n) is 2.55. The molecule has 7 heteroatoms. The maximum atomic E-state index is 13.9. The van der Waals surface area contributed by atoms with Crippen LogP contribution in [0.4, 0.5) is 9.18 Å². The van der Waals surface area contributed by atoms with Gasteiger partial charge < -0.3 is 5.32 Å². The van der Waals surface area contributed by atoms with Crippen LogP contribution in [-0.2, 0) is 9.59 Å². The number of hydrogen-bond donors (Lipinski definition) is 1. The molecule has 0 bridgehead atoms. The highest BCUT2D eigenvalue weighted by atomic mass is 31.0. The maximum Gasteiger partial charge on any atom is 0.329 e. The van der Waals surface area contributed by atoms with Crippen LogP contribution in [0.15, 0.2) is 29.5 Å². The summed E-state index contributed by atoms with van der Waals surface area (Å²) in [4.78, 5) is 36.9. The van der Waals surface area contributed by atoms with E-state index in [1.165, 1.54) is 26.0 Å². The number of Topliss-reactive ketones (excluding diaryl/α,β-unsaturated/α-hetero) is 1. The van der Waals surface area contributed by atoms with E-state index in [-0.39, 0.29) is 11.4 Å². The molecule has 1 aliphatic rings. The van der Waals surface area contributed by atoms with E-state index in [0.717, 1.165) is 4.90 Å². The largest absolute Gasteiger partial charge is 0.329 e. The highest BCUT2D eigenvalue weighted by molar-refractivity contribution is 7.27. The topological polar surface area (TPSA) is 66.5 Å². The van der Waals surface area contributed by atoms with Crippen molar-refractivity contribution in [2.24, 2.45) is 0 Å². The molecule has 0 radical (unpaired) electrons. The first kappa shape index (κ1) is 16.3. The molecule has 1 heterocycles. The van der Waals surface area contributed by atoms with Gasteiger partial charge in [0.1, 0.15) is 5.82 Å². The summed E-state index contributed by atoms with van der Waals surface area (Å²) in [5.41, 5.74) is 1.01. The van der Waals surface area contributed by atoms with Crippen LogP contribution < -0.4 is 10.6 Å². The molecule has 0 saturated carbocycles. The molecular weight excluding hydrogens is 306 g/mol. The Morgan fingerprint density at radius 2 is 1.95 bits per heavy atom. The summed E-state index contributed by atoms with van der Waals surface area (Å²) in [5.74, 6) is -1.30. The van der Waals surface area contributed by atoms with Gasteiger partial charge in [-0.05, 0) is 25.5 Å². The first-order valence-electron chi connectivity index (χ1n) is 6.61. The van der Waals surface area contributed by atoms with Crippen LogP contribution >= 0.6 is 9.24 Å². The van der Waals surface area contributed by atoms with E-state index >= 15 is 0 Å². The molecule has 1 aromatic rings. The van der Waals surface area contributed by atoms with E-state index in [0.29, 0.717) is 16.6 Å². The van der Waals surface area contributed by atoms with E-state index < -0.39 is 23.8 Å². The molecule has 2 rings (SSSR count). The Morgan fingerprint density at radius 3 is 2.45 bits per heavy atom. The van der Waals surface area contributed by atoms with E-state index in [1.54, 1.807) is 13.0 Å². The van der Waals surface area contributed by atoms with Crippen molar-refractivity contribution in [2.45, 2.75) is 26.8 Å². The number of allylic oxidation sites excluding steroid dienone is 1. The van der Waals surface area contributed by atoms with Crippen molar-refractivity contribution in [3.05, 3.63) is 40.8 Å². The lowest BCUT2D eigenvalue weighted by atomic mass is 9.91. The zero-order chi connectivity index (χ0) is 16.6. The Labute approximate surface area is 129 Å². The summed E-state index contributed by atoms with van der Waals surface area (Å²) in [6.45, 7) is 4.16. The van der Waals surface area contributed by atoms with Crippen LogP contribution in [0.2, 0.25) is 0 Å². The van der Waals surface area contributed by atoms with Gasteiger partial charge in [0, 0.05) is 23.5 Å². The molecule has 0 aliphatic carbocycles. The molecule has 1 N–H and O–H groups in total. The van der Waals surface area contributed by atoms with E-state index in [2.05, 4.69) is 14.6 Å². The summed E-state index contributed by atoms with van der Waals surface area (Å²) < 4.78 is 13.9. The molecular formula is C15H16FN2O3P. The van der Waals surface area contributed by atoms with Gasteiger partial charge in [0.05, 0.1) is 6.04 Å². The van der Waals surface area contributed by atoms with Gasteiger partial charge in [-0.1, -0.05) is 12.1 Å². The highest BCUT2D eigenvalue weighted by Gasteiger charge is 2.38. The minimum Gasteiger partial charge on any atom is -0.311 e. The predicted molar refractivity (Wildman–Crippen MR) is 82.9 cm³/mol. The third kappa shape index (κ3) is 2.79. The van der Waals surface area contributed by atoms with Crippen LogP contribution in [0.25, 0.3) is 0 Å². The van der Waals surface area contributed by atoms with Gasteiger partial charge in [0.25, 0.3) is 0 Å². The number of urea groups is 1.